The van der Waals surface area contributed by atoms with Gasteiger partial charge in [-0.1, -0.05) is 71.5 Å². The zero-order valence-electron chi connectivity index (χ0n) is 16.9. The number of ketones is 1. The molecule has 1 aromatic heterocycles. The lowest BCUT2D eigenvalue weighted by Gasteiger charge is -2.23. The number of amides is 1. The van der Waals surface area contributed by atoms with Gasteiger partial charge in [-0.2, -0.15) is 0 Å². The van der Waals surface area contributed by atoms with Crippen LogP contribution in [0, 0.1) is 6.92 Å². The molecule has 1 N–H and O–H groups in total. The fraction of sp³-hybridized carbons (Fsp3) is 0.0800. The summed E-state index contributed by atoms with van der Waals surface area (Å²) in [4.78, 5) is 32.4. The van der Waals surface area contributed by atoms with Gasteiger partial charge in [0, 0.05) is 10.6 Å². The molecule has 5 rings (SSSR count). The Bertz CT molecular complexity index is 1390. The summed E-state index contributed by atoms with van der Waals surface area (Å²) in [5.41, 5.74) is 2.97. The molecule has 0 saturated carbocycles. The Labute approximate surface area is 193 Å². The molecule has 5 nitrogen and oxygen atoms in total. The molecular weight excluding hydrogens is 444 g/mol. The number of carbonyl (C=O) groups excluding carboxylic acids is 2. The van der Waals surface area contributed by atoms with Gasteiger partial charge in [-0.05, 0) is 42.3 Å². The van der Waals surface area contributed by atoms with Crippen LogP contribution in [0.2, 0.25) is 5.02 Å². The predicted molar refractivity (Wildman–Crippen MR) is 127 cm³/mol. The molecule has 3 aromatic carbocycles. The predicted octanol–water partition coefficient (Wildman–Crippen LogP) is 5.88. The van der Waals surface area contributed by atoms with Crippen molar-refractivity contribution >= 4 is 55.7 Å². The van der Waals surface area contributed by atoms with Crippen molar-refractivity contribution < 1.29 is 14.7 Å². The molecular formula is C25H17ClN2O3S. The Morgan fingerprint density at radius 3 is 2.47 bits per heavy atom. The maximum atomic E-state index is 13.2. The zero-order valence-corrected chi connectivity index (χ0v) is 18.5. The van der Waals surface area contributed by atoms with Gasteiger partial charge in [-0.25, -0.2) is 4.98 Å². The smallest absolute Gasteiger partial charge is 0.301 e. The van der Waals surface area contributed by atoms with Gasteiger partial charge in [0.2, 0.25) is 0 Å². The lowest BCUT2D eigenvalue weighted by Crippen LogP contribution is -2.29. The standard InChI is InChI=1S/C25H17ClN2O3S/c1-14-7-12-18-19(13-14)32-25(27-18)28-21(15-8-10-17(26)11-9-15)20(23(30)24(28)31)22(29)16-5-3-2-4-6-16/h2-13,21,29H,1H3/b22-20+/t21-/m1/s1. The lowest BCUT2D eigenvalue weighted by molar-refractivity contribution is -0.132. The highest BCUT2D eigenvalue weighted by Gasteiger charge is 2.48. The second-order valence-corrected chi connectivity index (χ2v) is 9.00. The van der Waals surface area contributed by atoms with Crippen molar-refractivity contribution in [1.82, 2.24) is 4.98 Å². The van der Waals surface area contributed by atoms with E-state index in [4.69, 9.17) is 11.6 Å². The van der Waals surface area contributed by atoms with Crippen molar-refractivity contribution in [2.45, 2.75) is 13.0 Å². The van der Waals surface area contributed by atoms with Gasteiger partial charge in [-0.15, -0.1) is 0 Å². The van der Waals surface area contributed by atoms with Gasteiger partial charge in [-0.3, -0.25) is 14.5 Å². The van der Waals surface area contributed by atoms with Crippen LogP contribution in [-0.2, 0) is 9.59 Å². The third-order valence-corrected chi connectivity index (χ3v) is 6.69. The lowest BCUT2D eigenvalue weighted by atomic mass is 9.95. The minimum Gasteiger partial charge on any atom is -0.507 e. The molecule has 1 aliphatic rings. The molecule has 4 aromatic rings. The first-order valence-corrected chi connectivity index (χ1v) is 11.1. The minimum atomic E-state index is -0.825. The van der Waals surface area contributed by atoms with E-state index >= 15 is 0 Å². The number of hydrogen-bond acceptors (Lipinski definition) is 5. The maximum absolute atomic E-state index is 13.2. The first-order valence-electron chi connectivity index (χ1n) is 9.93. The Hall–Kier alpha value is -3.48. The highest BCUT2D eigenvalue weighted by Crippen LogP contribution is 2.44. The van der Waals surface area contributed by atoms with Gasteiger partial charge < -0.3 is 5.11 Å². The van der Waals surface area contributed by atoms with E-state index in [0.29, 0.717) is 21.3 Å². The van der Waals surface area contributed by atoms with Crippen LogP contribution < -0.4 is 4.90 Å². The van der Waals surface area contributed by atoms with Gasteiger partial charge >= 0.3 is 5.91 Å². The first kappa shape index (κ1) is 20.4. The molecule has 0 radical (unpaired) electrons. The number of aryl methyl sites for hydroxylation is 1. The van der Waals surface area contributed by atoms with E-state index in [2.05, 4.69) is 4.98 Å². The Kier molecular flexibility index (Phi) is 5.04. The van der Waals surface area contributed by atoms with Crippen LogP contribution in [0.25, 0.3) is 16.0 Å². The number of halogens is 1. The number of Topliss-reactive ketones (excluding diaryl/α,β-unsaturated/α-hetero) is 1. The second kappa shape index (κ2) is 7.89. The number of nitrogens with zero attached hydrogens (tertiary/aromatic N) is 2. The zero-order chi connectivity index (χ0) is 22.4. The van der Waals surface area contributed by atoms with Gasteiger partial charge in [0.15, 0.2) is 5.13 Å². The number of rotatable bonds is 3. The summed E-state index contributed by atoms with van der Waals surface area (Å²) >= 11 is 7.41. The molecule has 0 bridgehead atoms. The van der Waals surface area contributed by atoms with E-state index in [1.165, 1.54) is 16.2 Å². The molecule has 2 heterocycles. The average Bonchev–Trinajstić information content (AvgIpc) is 3.32. The number of anilines is 1. The van der Waals surface area contributed by atoms with Crippen LogP contribution in [0.5, 0.6) is 0 Å². The molecule has 0 aliphatic carbocycles. The molecule has 0 spiro atoms. The number of aliphatic hydroxyl groups is 1. The van der Waals surface area contributed by atoms with Crippen molar-refractivity contribution in [1.29, 1.82) is 0 Å². The number of thiazole rings is 1. The third kappa shape index (κ3) is 3.38. The van der Waals surface area contributed by atoms with E-state index in [-0.39, 0.29) is 11.3 Å². The number of aliphatic hydroxyl groups excluding tert-OH is 1. The maximum Gasteiger partial charge on any atom is 0.301 e. The summed E-state index contributed by atoms with van der Waals surface area (Å²) in [6, 6.07) is 20.6. The van der Waals surface area contributed by atoms with Gasteiger partial charge in [0.25, 0.3) is 5.78 Å². The molecule has 1 fully saturated rings. The quantitative estimate of drug-likeness (QED) is 0.235. The van der Waals surface area contributed by atoms with Crippen molar-refractivity contribution in [2.24, 2.45) is 0 Å². The molecule has 1 amide bonds. The summed E-state index contributed by atoms with van der Waals surface area (Å²) < 4.78 is 0.916. The van der Waals surface area contributed by atoms with Crippen LogP contribution in [0.4, 0.5) is 5.13 Å². The van der Waals surface area contributed by atoms with Gasteiger partial charge in [0.05, 0.1) is 21.8 Å². The van der Waals surface area contributed by atoms with Crippen LogP contribution in [0.3, 0.4) is 0 Å². The fourth-order valence-electron chi connectivity index (χ4n) is 3.86. The van der Waals surface area contributed by atoms with E-state index < -0.39 is 17.7 Å². The summed E-state index contributed by atoms with van der Waals surface area (Å²) in [7, 11) is 0. The number of hydrogen-bond donors (Lipinski definition) is 1. The highest BCUT2D eigenvalue weighted by atomic mass is 35.5. The van der Waals surface area contributed by atoms with Crippen LogP contribution >= 0.6 is 22.9 Å². The minimum absolute atomic E-state index is 0.0268. The Morgan fingerprint density at radius 2 is 1.75 bits per heavy atom. The second-order valence-electron chi connectivity index (χ2n) is 7.55. The van der Waals surface area contributed by atoms with E-state index in [1.807, 2.05) is 31.2 Å². The van der Waals surface area contributed by atoms with Crippen molar-refractivity contribution in [3.05, 3.63) is 100 Å². The normalized spacial score (nSPS) is 17.9. The van der Waals surface area contributed by atoms with Crippen molar-refractivity contribution in [3.8, 4) is 0 Å². The molecule has 1 atom stereocenters. The van der Waals surface area contributed by atoms with E-state index in [9.17, 15) is 14.7 Å². The molecule has 1 saturated heterocycles. The van der Waals surface area contributed by atoms with E-state index in [1.54, 1.807) is 48.5 Å². The largest absolute Gasteiger partial charge is 0.507 e. The third-order valence-electron chi connectivity index (χ3n) is 5.42. The average molecular weight is 461 g/mol. The molecule has 158 valence electrons. The van der Waals surface area contributed by atoms with Crippen LogP contribution in [-0.4, -0.2) is 21.8 Å². The molecule has 0 unspecified atom stereocenters. The molecule has 32 heavy (non-hydrogen) atoms. The fourth-order valence-corrected chi connectivity index (χ4v) is 5.08. The molecule has 1 aliphatic heterocycles. The Balaban J connectivity index is 1.73. The monoisotopic (exact) mass is 460 g/mol. The van der Waals surface area contributed by atoms with E-state index in [0.717, 1.165) is 15.8 Å². The summed E-state index contributed by atoms with van der Waals surface area (Å²) in [5, 5.41) is 12.0. The SMILES string of the molecule is Cc1ccc2nc(N3C(=O)C(=O)/C(=C(/O)c4ccccc4)[C@H]3c3ccc(Cl)cc3)sc2c1. The number of aromatic nitrogens is 1. The summed E-state index contributed by atoms with van der Waals surface area (Å²) in [6.45, 7) is 1.98. The van der Waals surface area contributed by atoms with Gasteiger partial charge in [0.1, 0.15) is 5.76 Å². The topological polar surface area (TPSA) is 70.5 Å². The summed E-state index contributed by atoms with van der Waals surface area (Å²) in [5.74, 6) is -1.69. The number of carbonyl (C=O) groups is 2. The highest BCUT2D eigenvalue weighted by molar-refractivity contribution is 7.22. The number of benzene rings is 3. The first-order chi connectivity index (χ1) is 15.4. The summed E-state index contributed by atoms with van der Waals surface area (Å²) in [6.07, 6.45) is 0. The van der Waals surface area contributed by atoms with Crippen LogP contribution in [0.1, 0.15) is 22.7 Å². The van der Waals surface area contributed by atoms with Crippen molar-refractivity contribution in [3.63, 3.8) is 0 Å². The Morgan fingerprint density at radius 1 is 1.03 bits per heavy atom. The van der Waals surface area contributed by atoms with Crippen molar-refractivity contribution in [2.75, 3.05) is 4.90 Å². The van der Waals surface area contributed by atoms with Crippen LogP contribution in [0.15, 0.2) is 78.4 Å². The molecule has 7 heteroatoms. The number of fused-ring (bicyclic) bond motifs is 1.